The Morgan fingerprint density at radius 3 is 2.47 bits per heavy atom. The molecule has 0 N–H and O–H groups in total. The van der Waals surface area contributed by atoms with Crippen molar-refractivity contribution in [3.63, 3.8) is 0 Å². The Hall–Kier alpha value is -2.99. The Morgan fingerprint density at radius 2 is 1.86 bits per heavy atom. The maximum atomic E-state index is 14.3. The van der Waals surface area contributed by atoms with E-state index in [9.17, 15) is 22.0 Å². The minimum atomic E-state index is -3.83. The number of carbonyl (C=O) groups excluding carboxylic acids is 1. The topological polar surface area (TPSA) is 79.8 Å². The highest BCUT2D eigenvalue weighted by atomic mass is 32.2. The van der Waals surface area contributed by atoms with Crippen LogP contribution in [0.5, 0.6) is 0 Å². The predicted octanol–water partition coefficient (Wildman–Crippen LogP) is 4.76. The van der Waals surface area contributed by atoms with E-state index >= 15 is 0 Å². The molecule has 1 amide bonds. The van der Waals surface area contributed by atoms with E-state index in [1.54, 1.807) is 0 Å². The molecule has 0 radical (unpaired) electrons. The summed E-state index contributed by atoms with van der Waals surface area (Å²) < 4.78 is 61.2. The molecule has 1 atom stereocenters. The summed E-state index contributed by atoms with van der Waals surface area (Å²) in [5, 5.41) is 0.204. The van der Waals surface area contributed by atoms with Gasteiger partial charge in [0.1, 0.15) is 11.3 Å². The SMILES string of the molecule is C=CCN(CC=C)S(=O)(=O)c1ccc(C(=O)N(CC2CCCO2)c2nc3c(F)cc(F)cc3s2)cc1. The number of hydrogen-bond acceptors (Lipinski definition) is 6. The monoisotopic (exact) mass is 533 g/mol. The van der Waals surface area contributed by atoms with E-state index in [4.69, 9.17) is 4.74 Å². The van der Waals surface area contributed by atoms with Crippen LogP contribution >= 0.6 is 11.3 Å². The summed E-state index contributed by atoms with van der Waals surface area (Å²) in [4.78, 5) is 19.2. The van der Waals surface area contributed by atoms with E-state index in [2.05, 4.69) is 18.1 Å². The normalized spacial score (nSPS) is 15.9. The van der Waals surface area contributed by atoms with Crippen LogP contribution in [0.15, 0.2) is 66.6 Å². The number of thiazole rings is 1. The number of nitrogens with zero attached hydrogens (tertiary/aromatic N) is 3. The molecule has 1 aliphatic rings. The van der Waals surface area contributed by atoms with Crippen LogP contribution in [0.4, 0.5) is 13.9 Å². The van der Waals surface area contributed by atoms with Crippen molar-refractivity contribution >= 4 is 42.6 Å². The van der Waals surface area contributed by atoms with Crippen molar-refractivity contribution in [2.45, 2.75) is 23.8 Å². The van der Waals surface area contributed by atoms with Gasteiger partial charge in [-0.25, -0.2) is 22.2 Å². The van der Waals surface area contributed by atoms with Crippen molar-refractivity contribution < 1.29 is 26.7 Å². The Morgan fingerprint density at radius 1 is 1.17 bits per heavy atom. The molecule has 4 rings (SSSR count). The minimum absolute atomic E-state index is 0.0194. The van der Waals surface area contributed by atoms with Crippen LogP contribution in [-0.2, 0) is 14.8 Å². The summed E-state index contributed by atoms with van der Waals surface area (Å²) in [6.45, 7) is 8.16. The third-order valence-corrected chi connectivity index (χ3v) is 8.56. The van der Waals surface area contributed by atoms with Crippen LogP contribution in [0, 0.1) is 11.6 Å². The van der Waals surface area contributed by atoms with Gasteiger partial charge in [-0.2, -0.15) is 4.31 Å². The summed E-state index contributed by atoms with van der Waals surface area (Å²) in [5.41, 5.74) is 0.198. The highest BCUT2D eigenvalue weighted by Gasteiger charge is 2.29. The van der Waals surface area contributed by atoms with Gasteiger partial charge in [-0.15, -0.1) is 13.2 Å². The number of benzene rings is 2. The number of amides is 1. The van der Waals surface area contributed by atoms with Crippen molar-refractivity contribution in [2.24, 2.45) is 0 Å². The van der Waals surface area contributed by atoms with Crippen LogP contribution in [0.2, 0.25) is 0 Å². The smallest absolute Gasteiger partial charge is 0.260 e. The van der Waals surface area contributed by atoms with Crippen molar-refractivity contribution in [3.8, 4) is 0 Å². The molecule has 11 heteroatoms. The minimum Gasteiger partial charge on any atom is -0.376 e. The molecule has 1 fully saturated rings. The number of fused-ring (bicyclic) bond motifs is 1. The van der Waals surface area contributed by atoms with Gasteiger partial charge in [0.15, 0.2) is 10.9 Å². The van der Waals surface area contributed by atoms with Gasteiger partial charge in [-0.3, -0.25) is 9.69 Å². The zero-order valence-corrected chi connectivity index (χ0v) is 21.0. The van der Waals surface area contributed by atoms with Crippen LogP contribution in [0.1, 0.15) is 23.2 Å². The van der Waals surface area contributed by atoms with Gasteiger partial charge < -0.3 is 4.74 Å². The van der Waals surface area contributed by atoms with E-state index in [0.717, 1.165) is 30.2 Å². The van der Waals surface area contributed by atoms with Gasteiger partial charge in [0.25, 0.3) is 5.91 Å². The third-order valence-electron chi connectivity index (χ3n) is 5.69. The van der Waals surface area contributed by atoms with Gasteiger partial charge in [-0.1, -0.05) is 23.5 Å². The lowest BCUT2D eigenvalue weighted by molar-refractivity contribution is 0.0917. The first kappa shape index (κ1) is 26.1. The molecule has 7 nitrogen and oxygen atoms in total. The maximum absolute atomic E-state index is 14.3. The summed E-state index contributed by atoms with van der Waals surface area (Å²) in [6.07, 6.45) is 4.33. The fraction of sp³-hybridized carbons (Fsp3) is 0.280. The molecule has 0 saturated carbocycles. The van der Waals surface area contributed by atoms with Crippen molar-refractivity contribution in [2.75, 3.05) is 31.1 Å². The second kappa shape index (κ2) is 11.0. The fourth-order valence-corrected chi connectivity index (χ4v) is 6.33. The summed E-state index contributed by atoms with van der Waals surface area (Å²) in [6, 6.07) is 7.49. The number of anilines is 1. The second-order valence-corrected chi connectivity index (χ2v) is 11.2. The lowest BCUT2D eigenvalue weighted by Gasteiger charge is -2.23. The number of sulfonamides is 1. The molecule has 0 spiro atoms. The average molecular weight is 534 g/mol. The highest BCUT2D eigenvalue weighted by Crippen LogP contribution is 2.33. The zero-order valence-electron chi connectivity index (χ0n) is 19.4. The van der Waals surface area contributed by atoms with Crippen molar-refractivity contribution in [1.82, 2.24) is 9.29 Å². The van der Waals surface area contributed by atoms with Crippen LogP contribution < -0.4 is 4.90 Å². The number of hydrogen-bond donors (Lipinski definition) is 0. The quantitative estimate of drug-likeness (QED) is 0.351. The lowest BCUT2D eigenvalue weighted by atomic mass is 10.2. The Bertz CT molecular complexity index is 1370. The summed E-state index contributed by atoms with van der Waals surface area (Å²) >= 11 is 0.999. The first-order valence-electron chi connectivity index (χ1n) is 11.3. The first-order chi connectivity index (χ1) is 17.2. The number of rotatable bonds is 10. The fourth-order valence-electron chi connectivity index (χ4n) is 3.93. The van der Waals surface area contributed by atoms with Crippen molar-refractivity contribution in [1.29, 1.82) is 0 Å². The molecule has 0 bridgehead atoms. The molecule has 190 valence electrons. The zero-order chi connectivity index (χ0) is 25.9. The van der Waals surface area contributed by atoms with Gasteiger partial charge in [-0.05, 0) is 43.2 Å². The van der Waals surface area contributed by atoms with Gasteiger partial charge in [0, 0.05) is 31.3 Å². The van der Waals surface area contributed by atoms with Crippen LogP contribution in [-0.4, -0.2) is 56.0 Å². The number of aromatic nitrogens is 1. The van der Waals surface area contributed by atoms with Crippen LogP contribution in [0.25, 0.3) is 10.2 Å². The van der Waals surface area contributed by atoms with E-state index in [1.807, 2.05) is 0 Å². The van der Waals surface area contributed by atoms with E-state index in [-0.39, 0.29) is 51.5 Å². The molecular formula is C25H25F2N3O4S2. The second-order valence-electron chi connectivity index (χ2n) is 8.21. The Kier molecular flexibility index (Phi) is 7.94. The van der Waals surface area contributed by atoms with Gasteiger partial charge in [0.2, 0.25) is 10.0 Å². The van der Waals surface area contributed by atoms with E-state index in [0.29, 0.717) is 6.61 Å². The van der Waals surface area contributed by atoms with Gasteiger partial charge >= 0.3 is 0 Å². The van der Waals surface area contributed by atoms with E-state index < -0.39 is 27.6 Å². The maximum Gasteiger partial charge on any atom is 0.260 e. The summed E-state index contributed by atoms with van der Waals surface area (Å²) in [5.74, 6) is -2.00. The first-order valence-corrected chi connectivity index (χ1v) is 13.5. The standard InChI is InChI=1S/C25H25F2N3O4S2/c1-3-11-29(12-4-2)36(32,33)20-9-7-17(8-10-20)24(31)30(16-19-6-5-13-34-19)25-28-23-21(27)14-18(26)15-22(23)35-25/h3-4,7-10,14-15,19H,1-2,5-6,11-13,16H2. The number of carbonyl (C=O) groups is 1. The number of halogens is 2. The highest BCUT2D eigenvalue weighted by molar-refractivity contribution is 7.89. The molecule has 1 aliphatic heterocycles. The average Bonchev–Trinajstić information content (AvgIpc) is 3.52. The Balaban J connectivity index is 1.67. The van der Waals surface area contributed by atoms with E-state index in [1.165, 1.54) is 51.7 Å². The molecule has 1 aromatic heterocycles. The molecule has 1 saturated heterocycles. The lowest BCUT2D eigenvalue weighted by Crippen LogP contribution is -2.37. The molecule has 0 aliphatic carbocycles. The molecule has 2 aromatic carbocycles. The molecule has 3 aromatic rings. The molecule has 2 heterocycles. The molecule has 1 unspecified atom stereocenters. The van der Waals surface area contributed by atoms with Crippen LogP contribution in [0.3, 0.4) is 0 Å². The third kappa shape index (κ3) is 5.39. The molecule has 36 heavy (non-hydrogen) atoms. The Labute approximate surface area is 212 Å². The number of ether oxygens (including phenoxy) is 1. The van der Waals surface area contributed by atoms with Crippen molar-refractivity contribution in [3.05, 3.63) is 78.9 Å². The predicted molar refractivity (Wildman–Crippen MR) is 136 cm³/mol. The summed E-state index contributed by atoms with van der Waals surface area (Å²) in [7, 11) is -3.83. The largest absolute Gasteiger partial charge is 0.376 e. The van der Waals surface area contributed by atoms with Gasteiger partial charge in [0.05, 0.1) is 22.2 Å². The molecular weight excluding hydrogens is 508 g/mol.